The maximum Gasteiger partial charge on any atom is 0.263 e. The lowest BCUT2D eigenvalue weighted by atomic mass is 10.0. The lowest BCUT2D eigenvalue weighted by Crippen LogP contribution is -2.40. The largest absolute Gasteiger partial charge is 0.368 e. The van der Waals surface area contributed by atoms with Crippen LogP contribution in [0, 0.1) is 11.6 Å². The van der Waals surface area contributed by atoms with Gasteiger partial charge in [0.05, 0.1) is 0 Å². The number of anilines is 1. The van der Waals surface area contributed by atoms with Gasteiger partial charge in [-0.1, -0.05) is 11.6 Å². The molecule has 1 aromatic carbocycles. The van der Waals surface area contributed by atoms with Crippen LogP contribution in [0.25, 0.3) is 22.4 Å². The van der Waals surface area contributed by atoms with Gasteiger partial charge in [-0.15, -0.1) is 0 Å². The molecule has 8 heteroatoms. The number of fused-ring (bicyclic) bond motifs is 1. The number of rotatable bonds is 5. The molecule has 4 rings (SSSR count). The Labute approximate surface area is 155 Å². The Hall–Kier alpha value is -2.61. The molecule has 1 aliphatic rings. The van der Waals surface area contributed by atoms with Crippen molar-refractivity contribution < 1.29 is 13.3 Å². The monoisotopic (exact) mass is 373 g/mol. The Morgan fingerprint density at radius 3 is 2.78 bits per heavy atom. The van der Waals surface area contributed by atoms with Crippen LogP contribution in [-0.4, -0.2) is 45.7 Å². The van der Waals surface area contributed by atoms with E-state index < -0.39 is 11.6 Å². The van der Waals surface area contributed by atoms with E-state index in [1.807, 2.05) is 0 Å². The van der Waals surface area contributed by atoms with Crippen LogP contribution in [0.4, 0.5) is 14.6 Å². The quantitative estimate of drug-likeness (QED) is 0.733. The van der Waals surface area contributed by atoms with Gasteiger partial charge in [-0.3, -0.25) is 4.90 Å². The fraction of sp³-hybridized carbons (Fsp3) is 0.421. The summed E-state index contributed by atoms with van der Waals surface area (Å²) in [5.41, 5.74) is 0.880. The van der Waals surface area contributed by atoms with Crippen LogP contribution < -0.4 is 5.32 Å². The maximum atomic E-state index is 13.6. The van der Waals surface area contributed by atoms with Gasteiger partial charge >= 0.3 is 0 Å². The molecule has 3 heterocycles. The molecule has 6 nitrogen and oxygen atoms in total. The Balaban J connectivity index is 1.58. The van der Waals surface area contributed by atoms with Crippen molar-refractivity contribution in [1.82, 2.24) is 20.0 Å². The first-order chi connectivity index (χ1) is 13.1. The molecule has 0 aliphatic carbocycles. The molecule has 0 radical (unpaired) electrons. The summed E-state index contributed by atoms with van der Waals surface area (Å²) in [7, 11) is 0. The van der Waals surface area contributed by atoms with Gasteiger partial charge in [-0.2, -0.15) is 4.98 Å². The summed E-state index contributed by atoms with van der Waals surface area (Å²) in [6.45, 7) is 4.93. The Morgan fingerprint density at radius 2 is 2.00 bits per heavy atom. The predicted molar refractivity (Wildman–Crippen MR) is 98.3 cm³/mol. The highest BCUT2D eigenvalue weighted by molar-refractivity contribution is 5.97. The first kappa shape index (κ1) is 17.8. The number of halogens is 2. The number of hydrogen-bond donors (Lipinski definition) is 1. The zero-order chi connectivity index (χ0) is 18.8. The molecule has 3 aromatic rings. The molecule has 0 bridgehead atoms. The zero-order valence-corrected chi connectivity index (χ0v) is 15.1. The number of likely N-dealkylation sites (tertiary alicyclic amines) is 1. The lowest BCUT2D eigenvalue weighted by Gasteiger charge is -2.33. The molecule has 1 N–H and O–H groups in total. The molecule has 1 atom stereocenters. The van der Waals surface area contributed by atoms with Gasteiger partial charge in [0.2, 0.25) is 0 Å². The van der Waals surface area contributed by atoms with Gasteiger partial charge in [0.1, 0.15) is 34.9 Å². The topological polar surface area (TPSA) is 67.1 Å². The van der Waals surface area contributed by atoms with Crippen molar-refractivity contribution >= 4 is 16.9 Å². The third-order valence-electron chi connectivity index (χ3n) is 5.04. The Bertz CT molecular complexity index is 925. The van der Waals surface area contributed by atoms with Gasteiger partial charge in [-0.25, -0.2) is 13.8 Å². The first-order valence-electron chi connectivity index (χ1n) is 9.16. The number of nitrogens with one attached hydrogen (secondary N) is 1. The average molecular weight is 373 g/mol. The highest BCUT2D eigenvalue weighted by Crippen LogP contribution is 2.32. The van der Waals surface area contributed by atoms with E-state index in [2.05, 4.69) is 32.3 Å². The molecule has 1 unspecified atom stereocenters. The summed E-state index contributed by atoms with van der Waals surface area (Å²) in [6, 6.07) is 3.83. The predicted octanol–water partition coefficient (Wildman–Crippen LogP) is 3.85. The van der Waals surface area contributed by atoms with Crippen molar-refractivity contribution in [3.05, 3.63) is 36.2 Å². The third-order valence-corrected chi connectivity index (χ3v) is 5.04. The fourth-order valence-electron chi connectivity index (χ4n) is 3.62. The third kappa shape index (κ3) is 3.75. The number of aromatic nitrogens is 3. The summed E-state index contributed by atoms with van der Waals surface area (Å²) in [5, 5.41) is 7.78. The van der Waals surface area contributed by atoms with E-state index in [9.17, 15) is 8.78 Å². The van der Waals surface area contributed by atoms with Crippen molar-refractivity contribution in [2.24, 2.45) is 0 Å². The smallest absolute Gasteiger partial charge is 0.263 e. The van der Waals surface area contributed by atoms with Gasteiger partial charge in [0.15, 0.2) is 0 Å². The van der Waals surface area contributed by atoms with E-state index in [-0.39, 0.29) is 11.3 Å². The summed E-state index contributed by atoms with van der Waals surface area (Å²) in [6.07, 6.45) is 5.11. The van der Waals surface area contributed by atoms with E-state index in [0.29, 0.717) is 29.5 Å². The van der Waals surface area contributed by atoms with Crippen LogP contribution in [0.1, 0.15) is 26.2 Å². The van der Waals surface area contributed by atoms with Crippen LogP contribution >= 0.6 is 0 Å². The molecule has 0 spiro atoms. The summed E-state index contributed by atoms with van der Waals surface area (Å²) in [4.78, 5) is 10.8. The molecule has 0 saturated carbocycles. The summed E-state index contributed by atoms with van der Waals surface area (Å²) in [5.74, 6) is -0.802. The van der Waals surface area contributed by atoms with Gasteiger partial charge in [0.25, 0.3) is 5.71 Å². The van der Waals surface area contributed by atoms with E-state index >= 15 is 0 Å². The first-order valence-corrected chi connectivity index (χ1v) is 9.16. The van der Waals surface area contributed by atoms with Crippen molar-refractivity contribution in [1.29, 1.82) is 0 Å². The number of piperidine rings is 1. The van der Waals surface area contributed by atoms with Crippen LogP contribution in [0.3, 0.4) is 0 Å². The lowest BCUT2D eigenvalue weighted by molar-refractivity contribution is 0.167. The van der Waals surface area contributed by atoms with E-state index in [1.54, 1.807) is 0 Å². The Kier molecular flexibility index (Phi) is 4.98. The molecule has 27 heavy (non-hydrogen) atoms. The molecule has 1 aliphatic heterocycles. The molecule has 2 aromatic heterocycles. The highest BCUT2D eigenvalue weighted by Gasteiger charge is 2.20. The molecule has 0 amide bonds. The van der Waals surface area contributed by atoms with Gasteiger partial charge in [-0.05, 0) is 38.4 Å². The van der Waals surface area contributed by atoms with Gasteiger partial charge < -0.3 is 9.84 Å². The van der Waals surface area contributed by atoms with E-state index in [4.69, 9.17) is 4.52 Å². The molecule has 1 saturated heterocycles. The fourth-order valence-corrected chi connectivity index (χ4v) is 3.62. The molecule has 1 fully saturated rings. The average Bonchev–Trinajstić information content (AvgIpc) is 3.07. The van der Waals surface area contributed by atoms with Crippen molar-refractivity contribution in [2.45, 2.75) is 32.2 Å². The highest BCUT2D eigenvalue weighted by atomic mass is 19.1. The SMILES string of the molecule is CC1CCCCN1CCNc1ncnc2onc(-c3cc(F)cc(F)c3)c12. The summed E-state index contributed by atoms with van der Waals surface area (Å²) < 4.78 is 32.5. The number of nitrogens with zero attached hydrogens (tertiary/aromatic N) is 4. The van der Waals surface area contributed by atoms with Crippen molar-refractivity contribution in [2.75, 3.05) is 25.0 Å². The second-order valence-electron chi connectivity index (χ2n) is 6.90. The number of hydrogen-bond acceptors (Lipinski definition) is 6. The van der Waals surface area contributed by atoms with Crippen LogP contribution in [0.15, 0.2) is 29.0 Å². The maximum absolute atomic E-state index is 13.6. The van der Waals surface area contributed by atoms with E-state index in [0.717, 1.165) is 19.2 Å². The normalized spacial score (nSPS) is 18.1. The number of benzene rings is 1. The molecular formula is C19H21F2N5O. The second-order valence-corrected chi connectivity index (χ2v) is 6.90. The minimum atomic E-state index is -0.674. The van der Waals surface area contributed by atoms with Gasteiger partial charge in [0, 0.05) is 30.8 Å². The molecular weight excluding hydrogens is 352 g/mol. The minimum Gasteiger partial charge on any atom is -0.368 e. The molecule has 142 valence electrons. The second kappa shape index (κ2) is 7.56. The van der Waals surface area contributed by atoms with Crippen molar-refractivity contribution in [3.8, 4) is 11.3 Å². The van der Waals surface area contributed by atoms with Crippen LogP contribution in [-0.2, 0) is 0 Å². The van der Waals surface area contributed by atoms with Crippen molar-refractivity contribution in [3.63, 3.8) is 0 Å². The van der Waals surface area contributed by atoms with Crippen LogP contribution in [0.2, 0.25) is 0 Å². The standard InChI is InChI=1S/C19H21F2N5O/c1-12-4-2-3-6-26(12)7-5-22-18-16-17(25-27-19(16)24-11-23-18)13-8-14(20)10-15(21)9-13/h8-12H,2-7H2,1H3,(H,22,23,24). The van der Waals surface area contributed by atoms with E-state index in [1.165, 1.54) is 37.7 Å². The summed E-state index contributed by atoms with van der Waals surface area (Å²) >= 11 is 0. The van der Waals surface area contributed by atoms with Crippen LogP contribution in [0.5, 0.6) is 0 Å². The zero-order valence-electron chi connectivity index (χ0n) is 15.1. The minimum absolute atomic E-state index is 0.276. The Morgan fingerprint density at radius 1 is 1.19 bits per heavy atom.